The van der Waals surface area contributed by atoms with Gasteiger partial charge in [0, 0.05) is 17.2 Å². The van der Waals surface area contributed by atoms with E-state index in [1.807, 2.05) is 48.5 Å². The van der Waals surface area contributed by atoms with Crippen molar-refractivity contribution < 1.29 is 18.7 Å². The Bertz CT molecular complexity index is 1670. The summed E-state index contributed by atoms with van der Waals surface area (Å²) in [4.78, 5) is 31.7. The summed E-state index contributed by atoms with van der Waals surface area (Å²) in [5, 5.41) is 0.576. The number of hydrogen-bond acceptors (Lipinski definition) is 7. The molecule has 176 valence electrons. The van der Waals surface area contributed by atoms with Crippen molar-refractivity contribution in [1.82, 2.24) is 4.57 Å². The van der Waals surface area contributed by atoms with Gasteiger partial charge in [0.2, 0.25) is 5.72 Å². The Labute approximate surface area is 208 Å². The second-order valence-corrected chi connectivity index (χ2v) is 9.92. The third kappa shape index (κ3) is 3.36. The van der Waals surface area contributed by atoms with Crippen molar-refractivity contribution in [1.29, 1.82) is 0 Å². The van der Waals surface area contributed by atoms with Crippen LogP contribution in [-0.4, -0.2) is 23.4 Å². The van der Waals surface area contributed by atoms with Crippen molar-refractivity contribution in [2.75, 3.05) is 7.11 Å². The highest BCUT2D eigenvalue weighted by molar-refractivity contribution is 7.07. The van der Waals surface area contributed by atoms with Gasteiger partial charge in [-0.3, -0.25) is 14.2 Å². The van der Waals surface area contributed by atoms with Crippen LogP contribution in [0.5, 0.6) is 5.75 Å². The summed E-state index contributed by atoms with van der Waals surface area (Å²) in [6, 6.07) is 17.8. The summed E-state index contributed by atoms with van der Waals surface area (Å²) in [6.07, 6.45) is 1.68. The number of thiazole rings is 1. The fourth-order valence-electron chi connectivity index (χ4n) is 4.80. The zero-order valence-electron chi connectivity index (χ0n) is 18.7. The van der Waals surface area contributed by atoms with E-state index in [9.17, 15) is 9.59 Å². The maximum absolute atomic E-state index is 13.6. The van der Waals surface area contributed by atoms with E-state index in [-0.39, 0.29) is 5.56 Å². The number of hydrogen-bond donors (Lipinski definition) is 0. The van der Waals surface area contributed by atoms with Crippen LogP contribution >= 0.6 is 22.9 Å². The Morgan fingerprint density at radius 3 is 2.74 bits per heavy atom. The van der Waals surface area contributed by atoms with E-state index in [0.29, 0.717) is 31.6 Å². The number of carbonyl (C=O) groups excluding carboxylic acids is 1. The van der Waals surface area contributed by atoms with E-state index in [4.69, 9.17) is 30.5 Å². The van der Waals surface area contributed by atoms with Crippen LogP contribution in [0.1, 0.15) is 24.3 Å². The molecule has 0 fully saturated rings. The molecule has 4 heterocycles. The summed E-state index contributed by atoms with van der Waals surface area (Å²) in [7, 11) is 1.33. The Morgan fingerprint density at radius 1 is 1.17 bits per heavy atom. The number of esters is 1. The number of ether oxygens (including phenoxy) is 2. The molecule has 0 spiro atoms. The van der Waals surface area contributed by atoms with E-state index in [1.54, 1.807) is 29.7 Å². The molecular formula is C26H19ClN2O5S. The molecular weight excluding hydrogens is 488 g/mol. The molecule has 0 radical (unpaired) electrons. The summed E-state index contributed by atoms with van der Waals surface area (Å²) >= 11 is 7.52. The molecule has 0 saturated heterocycles. The fraction of sp³-hybridized carbons (Fsp3) is 0.192. The van der Waals surface area contributed by atoms with Crippen molar-refractivity contribution in [3.05, 3.63) is 96.7 Å². The maximum Gasteiger partial charge on any atom is 0.317 e. The zero-order valence-corrected chi connectivity index (χ0v) is 20.3. The lowest BCUT2D eigenvalue weighted by Crippen LogP contribution is -2.58. The molecule has 7 nitrogen and oxygen atoms in total. The third-order valence-corrected chi connectivity index (χ3v) is 7.69. The third-order valence-electron chi connectivity index (χ3n) is 6.37. The average Bonchev–Trinajstić information content (AvgIpc) is 3.42. The van der Waals surface area contributed by atoms with E-state index < -0.39 is 23.7 Å². The van der Waals surface area contributed by atoms with E-state index in [0.717, 1.165) is 11.1 Å². The van der Waals surface area contributed by atoms with Crippen LogP contribution in [0, 0.1) is 5.92 Å². The monoisotopic (exact) mass is 506 g/mol. The molecule has 6 rings (SSSR count). The number of methoxy groups -OCH3 is 1. The molecule has 3 unspecified atom stereocenters. The van der Waals surface area contributed by atoms with Gasteiger partial charge in [0.25, 0.3) is 5.56 Å². The molecule has 2 aromatic carbocycles. The number of furan rings is 1. The van der Waals surface area contributed by atoms with E-state index in [1.165, 1.54) is 18.4 Å². The van der Waals surface area contributed by atoms with Crippen LogP contribution in [0.3, 0.4) is 0 Å². The van der Waals surface area contributed by atoms with E-state index in [2.05, 4.69) is 0 Å². The van der Waals surface area contributed by atoms with Gasteiger partial charge in [0.1, 0.15) is 23.2 Å². The number of benzene rings is 2. The molecule has 9 heteroatoms. The number of rotatable bonds is 3. The van der Waals surface area contributed by atoms with Gasteiger partial charge in [-0.1, -0.05) is 53.3 Å². The molecule has 35 heavy (non-hydrogen) atoms. The first kappa shape index (κ1) is 21.9. The first-order valence-corrected chi connectivity index (χ1v) is 12.1. The molecule has 4 aromatic rings. The van der Waals surface area contributed by atoms with Gasteiger partial charge in [-0.25, -0.2) is 4.99 Å². The van der Waals surface area contributed by atoms with Crippen molar-refractivity contribution in [3.63, 3.8) is 0 Å². The second-order valence-electron chi connectivity index (χ2n) is 8.50. The van der Waals surface area contributed by atoms with E-state index >= 15 is 0 Å². The fourth-order valence-corrected chi connectivity index (χ4v) is 6.10. The Hall–Kier alpha value is -3.62. The number of halogens is 1. The standard InChI is InChI=1S/C26H19ClN2O5S/c1-26-21(24(31)32-2)22(16-8-4-6-10-19(16)34-26)29-23(30)20(35-25(29)28-26)13-14-11-12-18(33-14)15-7-3-5-9-17(15)27/h3-13,21-22H,1-2H3/b20-13+. The molecule has 2 aliphatic heterocycles. The molecule has 2 aliphatic rings. The molecule has 0 saturated carbocycles. The normalized spacial score (nSPS) is 22.5. The summed E-state index contributed by atoms with van der Waals surface area (Å²) in [5.74, 6) is 0.399. The smallest absolute Gasteiger partial charge is 0.317 e. The number of para-hydroxylation sites is 1. The summed E-state index contributed by atoms with van der Waals surface area (Å²) in [5.41, 5.74) is 0.0364. The lowest BCUT2D eigenvalue weighted by molar-refractivity contribution is -0.158. The van der Waals surface area contributed by atoms with Gasteiger partial charge >= 0.3 is 5.97 Å². The lowest BCUT2D eigenvalue weighted by atomic mass is 9.81. The Kier molecular flexibility index (Phi) is 4.98. The van der Waals surface area contributed by atoms with Gasteiger partial charge in [-0.15, -0.1) is 0 Å². The van der Waals surface area contributed by atoms with Gasteiger partial charge in [0.15, 0.2) is 4.80 Å². The minimum atomic E-state index is -1.21. The Morgan fingerprint density at radius 2 is 1.94 bits per heavy atom. The first-order valence-electron chi connectivity index (χ1n) is 10.9. The minimum Gasteiger partial charge on any atom is -0.469 e. The number of carbonyl (C=O) groups is 1. The zero-order chi connectivity index (χ0) is 24.3. The van der Waals surface area contributed by atoms with Crippen molar-refractivity contribution in [2.45, 2.75) is 18.7 Å². The van der Waals surface area contributed by atoms with Crippen LogP contribution in [0.2, 0.25) is 5.02 Å². The van der Waals surface area contributed by atoms with Crippen molar-refractivity contribution >= 4 is 35.0 Å². The molecule has 2 aromatic heterocycles. The SMILES string of the molecule is COC(=O)C1C2c3ccccc3OC1(C)N=c1s/c(=C/c3ccc(-c4ccccc4Cl)o3)c(=O)n12. The van der Waals surface area contributed by atoms with Crippen LogP contribution in [0.15, 0.2) is 74.9 Å². The van der Waals surface area contributed by atoms with Crippen LogP contribution in [0.4, 0.5) is 0 Å². The highest BCUT2D eigenvalue weighted by Gasteiger charge is 2.55. The van der Waals surface area contributed by atoms with Gasteiger partial charge in [-0.2, -0.15) is 0 Å². The first-order chi connectivity index (χ1) is 16.9. The summed E-state index contributed by atoms with van der Waals surface area (Å²) in [6.45, 7) is 1.75. The van der Waals surface area contributed by atoms with Crippen LogP contribution in [-0.2, 0) is 9.53 Å². The van der Waals surface area contributed by atoms with Gasteiger partial charge in [0.05, 0.1) is 22.7 Å². The highest BCUT2D eigenvalue weighted by Crippen LogP contribution is 2.47. The maximum atomic E-state index is 13.6. The predicted octanol–water partition coefficient (Wildman–Crippen LogP) is 3.77. The summed E-state index contributed by atoms with van der Waals surface area (Å²) < 4.78 is 19.3. The molecule has 2 bridgehead atoms. The average molecular weight is 507 g/mol. The van der Waals surface area contributed by atoms with Crippen LogP contribution in [0.25, 0.3) is 17.4 Å². The highest BCUT2D eigenvalue weighted by atomic mass is 35.5. The lowest BCUT2D eigenvalue weighted by Gasteiger charge is -2.44. The van der Waals surface area contributed by atoms with Crippen LogP contribution < -0.4 is 19.6 Å². The molecule has 0 amide bonds. The van der Waals surface area contributed by atoms with Crippen molar-refractivity contribution in [2.24, 2.45) is 10.9 Å². The Balaban J connectivity index is 1.52. The number of aromatic nitrogens is 1. The van der Waals surface area contributed by atoms with Crippen molar-refractivity contribution in [3.8, 4) is 17.1 Å². The second kappa shape index (κ2) is 7.96. The molecule has 0 N–H and O–H groups in total. The number of nitrogens with zero attached hydrogens (tertiary/aromatic N) is 2. The van der Waals surface area contributed by atoms with Gasteiger partial charge < -0.3 is 13.9 Å². The minimum absolute atomic E-state index is 0.262. The number of fused-ring (bicyclic) bond motifs is 6. The molecule has 3 atom stereocenters. The predicted molar refractivity (Wildman–Crippen MR) is 131 cm³/mol. The van der Waals surface area contributed by atoms with Gasteiger partial charge in [-0.05, 0) is 37.3 Å². The topological polar surface area (TPSA) is 83.0 Å². The quantitative estimate of drug-likeness (QED) is 0.395. The largest absolute Gasteiger partial charge is 0.469 e. The molecule has 0 aliphatic carbocycles.